The van der Waals surface area contributed by atoms with Crippen molar-refractivity contribution >= 4 is 0 Å². The molecule has 5 heteroatoms. The SMILES string of the molecule is COc1ccc(C(C)NCc2cccnc2OC)c(O)c1. The molecule has 0 aliphatic carbocycles. The molecule has 0 bridgehead atoms. The Hall–Kier alpha value is -2.27. The molecule has 1 atom stereocenters. The third-order valence-corrected chi connectivity index (χ3v) is 3.35. The fraction of sp³-hybridized carbons (Fsp3) is 0.312. The second kappa shape index (κ2) is 6.95. The minimum Gasteiger partial charge on any atom is -0.507 e. The molecule has 5 nitrogen and oxygen atoms in total. The van der Waals surface area contributed by atoms with Crippen LogP contribution in [0.1, 0.15) is 24.1 Å². The first-order valence-corrected chi connectivity index (χ1v) is 6.74. The summed E-state index contributed by atoms with van der Waals surface area (Å²) >= 11 is 0. The van der Waals surface area contributed by atoms with E-state index in [1.165, 1.54) is 0 Å². The first kappa shape index (κ1) is 15.1. The molecule has 1 heterocycles. The number of aromatic hydroxyl groups is 1. The third-order valence-electron chi connectivity index (χ3n) is 3.35. The number of phenolic OH excluding ortho intramolecular Hbond substituents is 1. The fourth-order valence-corrected chi connectivity index (χ4v) is 2.13. The molecule has 2 N–H and O–H groups in total. The molecule has 0 amide bonds. The van der Waals surface area contributed by atoms with Crippen molar-refractivity contribution in [2.45, 2.75) is 19.5 Å². The largest absolute Gasteiger partial charge is 0.507 e. The Kier molecular flexibility index (Phi) is 5.00. The number of benzene rings is 1. The zero-order valence-corrected chi connectivity index (χ0v) is 12.5. The zero-order chi connectivity index (χ0) is 15.2. The predicted octanol–water partition coefficient (Wildman–Crippen LogP) is 2.66. The lowest BCUT2D eigenvalue weighted by atomic mass is 10.1. The summed E-state index contributed by atoms with van der Waals surface area (Å²) in [6, 6.07) is 9.11. The van der Waals surface area contributed by atoms with E-state index in [4.69, 9.17) is 9.47 Å². The molecule has 2 rings (SSSR count). The van der Waals surface area contributed by atoms with Gasteiger partial charge in [-0.15, -0.1) is 0 Å². The van der Waals surface area contributed by atoms with E-state index in [9.17, 15) is 5.11 Å². The van der Waals surface area contributed by atoms with E-state index in [0.717, 1.165) is 11.1 Å². The van der Waals surface area contributed by atoms with Crippen molar-refractivity contribution in [1.29, 1.82) is 0 Å². The highest BCUT2D eigenvalue weighted by Crippen LogP contribution is 2.28. The molecule has 1 aromatic carbocycles. The van der Waals surface area contributed by atoms with Gasteiger partial charge in [-0.05, 0) is 19.1 Å². The summed E-state index contributed by atoms with van der Waals surface area (Å²) in [6.45, 7) is 2.59. The van der Waals surface area contributed by atoms with Crippen molar-refractivity contribution in [2.75, 3.05) is 14.2 Å². The van der Waals surface area contributed by atoms with Crippen LogP contribution in [-0.4, -0.2) is 24.3 Å². The number of pyridine rings is 1. The summed E-state index contributed by atoms with van der Waals surface area (Å²) < 4.78 is 10.3. The number of rotatable bonds is 6. The van der Waals surface area contributed by atoms with Crippen molar-refractivity contribution in [2.24, 2.45) is 0 Å². The van der Waals surface area contributed by atoms with E-state index < -0.39 is 0 Å². The molecule has 0 fully saturated rings. The number of aromatic nitrogens is 1. The number of nitrogens with zero attached hydrogens (tertiary/aromatic N) is 1. The molecule has 0 radical (unpaired) electrons. The molecular formula is C16H20N2O3. The van der Waals surface area contributed by atoms with Gasteiger partial charge in [0.2, 0.25) is 5.88 Å². The van der Waals surface area contributed by atoms with E-state index in [-0.39, 0.29) is 11.8 Å². The van der Waals surface area contributed by atoms with Crippen molar-refractivity contribution in [1.82, 2.24) is 10.3 Å². The zero-order valence-electron chi connectivity index (χ0n) is 12.5. The van der Waals surface area contributed by atoms with Gasteiger partial charge >= 0.3 is 0 Å². The van der Waals surface area contributed by atoms with Crippen molar-refractivity contribution < 1.29 is 14.6 Å². The van der Waals surface area contributed by atoms with Gasteiger partial charge in [0, 0.05) is 36.0 Å². The van der Waals surface area contributed by atoms with Crippen molar-refractivity contribution in [3.8, 4) is 17.4 Å². The Labute approximate surface area is 124 Å². The Morgan fingerprint density at radius 3 is 2.71 bits per heavy atom. The fourth-order valence-electron chi connectivity index (χ4n) is 2.13. The van der Waals surface area contributed by atoms with E-state index in [2.05, 4.69) is 10.3 Å². The van der Waals surface area contributed by atoms with Gasteiger partial charge in [-0.3, -0.25) is 0 Å². The minimum atomic E-state index is -0.0131. The van der Waals surface area contributed by atoms with Gasteiger partial charge in [0.05, 0.1) is 14.2 Å². The second-order valence-corrected chi connectivity index (χ2v) is 4.70. The summed E-state index contributed by atoms with van der Waals surface area (Å²) in [5.74, 6) is 1.46. The van der Waals surface area contributed by atoms with Gasteiger partial charge in [-0.2, -0.15) is 0 Å². The van der Waals surface area contributed by atoms with Gasteiger partial charge in [-0.25, -0.2) is 4.98 Å². The van der Waals surface area contributed by atoms with E-state index >= 15 is 0 Å². The van der Waals surface area contributed by atoms with Crippen LogP contribution in [0.15, 0.2) is 36.5 Å². The van der Waals surface area contributed by atoms with E-state index in [1.54, 1.807) is 26.5 Å². The van der Waals surface area contributed by atoms with Gasteiger partial charge in [0.25, 0.3) is 0 Å². The van der Waals surface area contributed by atoms with Gasteiger partial charge in [-0.1, -0.05) is 12.1 Å². The molecule has 1 unspecified atom stereocenters. The molecule has 0 saturated carbocycles. The molecule has 21 heavy (non-hydrogen) atoms. The Balaban J connectivity index is 2.06. The average molecular weight is 288 g/mol. The van der Waals surface area contributed by atoms with Crippen LogP contribution >= 0.6 is 0 Å². The molecule has 2 aromatic rings. The van der Waals surface area contributed by atoms with Crippen LogP contribution in [0.4, 0.5) is 0 Å². The molecule has 0 saturated heterocycles. The van der Waals surface area contributed by atoms with Crippen LogP contribution in [0.25, 0.3) is 0 Å². The first-order valence-electron chi connectivity index (χ1n) is 6.74. The quantitative estimate of drug-likeness (QED) is 0.855. The number of ether oxygens (including phenoxy) is 2. The van der Waals surface area contributed by atoms with Crippen LogP contribution in [-0.2, 0) is 6.54 Å². The standard InChI is InChI=1S/C16H20N2O3/c1-11(14-7-6-13(20-2)9-15(14)19)18-10-12-5-4-8-17-16(12)21-3/h4-9,11,18-19H,10H2,1-3H3. The smallest absolute Gasteiger partial charge is 0.217 e. The van der Waals surface area contributed by atoms with Crippen LogP contribution in [0.2, 0.25) is 0 Å². The second-order valence-electron chi connectivity index (χ2n) is 4.70. The van der Waals surface area contributed by atoms with Gasteiger partial charge in [0.15, 0.2) is 0 Å². The summed E-state index contributed by atoms with van der Waals surface area (Å²) in [5, 5.41) is 13.4. The Morgan fingerprint density at radius 2 is 2.05 bits per heavy atom. The van der Waals surface area contributed by atoms with Crippen LogP contribution in [0.5, 0.6) is 17.4 Å². The molecular weight excluding hydrogens is 268 g/mol. The summed E-state index contributed by atoms with van der Waals surface area (Å²) in [4.78, 5) is 4.16. The molecule has 1 aromatic heterocycles. The maximum absolute atomic E-state index is 10.0. The average Bonchev–Trinajstić information content (AvgIpc) is 2.52. The van der Waals surface area contributed by atoms with Crippen LogP contribution < -0.4 is 14.8 Å². The lowest BCUT2D eigenvalue weighted by molar-refractivity contribution is 0.388. The normalized spacial score (nSPS) is 12.0. The first-order chi connectivity index (χ1) is 10.2. The lowest BCUT2D eigenvalue weighted by Gasteiger charge is -2.17. The highest BCUT2D eigenvalue weighted by molar-refractivity contribution is 5.41. The molecule has 0 aliphatic rings. The highest BCUT2D eigenvalue weighted by Gasteiger charge is 2.12. The summed E-state index contributed by atoms with van der Waals surface area (Å²) in [6.07, 6.45) is 1.70. The lowest BCUT2D eigenvalue weighted by Crippen LogP contribution is -2.18. The summed E-state index contributed by atoms with van der Waals surface area (Å²) in [7, 11) is 3.18. The maximum Gasteiger partial charge on any atom is 0.217 e. The van der Waals surface area contributed by atoms with Gasteiger partial charge in [0.1, 0.15) is 11.5 Å². The third kappa shape index (κ3) is 3.64. The number of methoxy groups -OCH3 is 2. The van der Waals surface area contributed by atoms with E-state index in [0.29, 0.717) is 18.2 Å². The Morgan fingerprint density at radius 1 is 1.24 bits per heavy atom. The predicted molar refractivity (Wildman–Crippen MR) is 80.7 cm³/mol. The Bertz CT molecular complexity index is 602. The van der Waals surface area contributed by atoms with Gasteiger partial charge < -0.3 is 19.9 Å². The number of nitrogens with one attached hydrogen (secondary N) is 1. The van der Waals surface area contributed by atoms with Crippen molar-refractivity contribution in [3.63, 3.8) is 0 Å². The minimum absolute atomic E-state index is 0.0131. The highest BCUT2D eigenvalue weighted by atomic mass is 16.5. The van der Waals surface area contributed by atoms with Crippen molar-refractivity contribution in [3.05, 3.63) is 47.7 Å². The summed E-state index contributed by atoms with van der Waals surface area (Å²) in [5.41, 5.74) is 1.79. The molecule has 0 spiro atoms. The monoisotopic (exact) mass is 288 g/mol. The van der Waals surface area contributed by atoms with Crippen LogP contribution in [0, 0.1) is 0 Å². The number of hydrogen-bond acceptors (Lipinski definition) is 5. The van der Waals surface area contributed by atoms with Crippen LogP contribution in [0.3, 0.4) is 0 Å². The topological polar surface area (TPSA) is 63.6 Å². The number of hydrogen-bond donors (Lipinski definition) is 2. The molecule has 112 valence electrons. The van der Waals surface area contributed by atoms with E-state index in [1.807, 2.05) is 31.2 Å². The maximum atomic E-state index is 10.0. The molecule has 0 aliphatic heterocycles. The number of phenols is 1.